The second kappa shape index (κ2) is 7.27. The number of likely N-dealkylation sites (tertiary alicyclic amines) is 2. The summed E-state index contributed by atoms with van der Waals surface area (Å²) in [7, 11) is 2.15. The Morgan fingerprint density at radius 1 is 1.15 bits per heavy atom. The molecule has 20 heavy (non-hydrogen) atoms. The molecule has 1 unspecified atom stereocenters. The van der Waals surface area contributed by atoms with Gasteiger partial charge in [0.25, 0.3) is 0 Å². The quantitative estimate of drug-likeness (QED) is 0.842. The van der Waals surface area contributed by atoms with Gasteiger partial charge in [-0.3, -0.25) is 4.90 Å². The van der Waals surface area contributed by atoms with Gasteiger partial charge in [0.2, 0.25) is 0 Å². The standard InChI is InChI=1S/C15H30N4O/c1-4-18(5-2)14-8-11-19(12-14)15(20)16-13-6-9-17(3)10-7-13/h13-14H,4-12H2,1-3H3,(H,16,20). The highest BCUT2D eigenvalue weighted by atomic mass is 16.2. The lowest BCUT2D eigenvalue weighted by Gasteiger charge is -2.31. The average molecular weight is 282 g/mol. The number of carbonyl (C=O) groups is 1. The topological polar surface area (TPSA) is 38.8 Å². The number of hydrogen-bond acceptors (Lipinski definition) is 3. The minimum absolute atomic E-state index is 0.147. The summed E-state index contributed by atoms with van der Waals surface area (Å²) >= 11 is 0. The maximum Gasteiger partial charge on any atom is 0.317 e. The molecule has 2 amide bonds. The molecule has 0 aromatic rings. The van der Waals surface area contributed by atoms with E-state index in [4.69, 9.17) is 0 Å². The van der Waals surface area contributed by atoms with Crippen LogP contribution < -0.4 is 5.32 Å². The van der Waals surface area contributed by atoms with E-state index >= 15 is 0 Å². The molecule has 2 fully saturated rings. The molecule has 116 valence electrons. The van der Waals surface area contributed by atoms with Gasteiger partial charge in [-0.2, -0.15) is 0 Å². The molecule has 0 spiro atoms. The molecule has 2 aliphatic heterocycles. The largest absolute Gasteiger partial charge is 0.335 e. The first kappa shape index (κ1) is 15.6. The van der Waals surface area contributed by atoms with Crippen molar-refractivity contribution >= 4 is 6.03 Å². The highest BCUT2D eigenvalue weighted by molar-refractivity contribution is 5.74. The van der Waals surface area contributed by atoms with E-state index < -0.39 is 0 Å². The second-order valence-corrected chi connectivity index (χ2v) is 6.14. The van der Waals surface area contributed by atoms with E-state index in [-0.39, 0.29) is 6.03 Å². The first-order valence-electron chi connectivity index (χ1n) is 8.12. The lowest BCUT2D eigenvalue weighted by atomic mass is 10.1. The van der Waals surface area contributed by atoms with Crippen LogP contribution in [0.5, 0.6) is 0 Å². The predicted molar refractivity (Wildman–Crippen MR) is 81.9 cm³/mol. The molecule has 0 radical (unpaired) electrons. The van der Waals surface area contributed by atoms with Crippen LogP contribution in [0.2, 0.25) is 0 Å². The van der Waals surface area contributed by atoms with Crippen LogP contribution in [-0.4, -0.2) is 79.1 Å². The summed E-state index contributed by atoms with van der Waals surface area (Å²) in [6.45, 7) is 10.5. The lowest BCUT2D eigenvalue weighted by Crippen LogP contribution is -2.48. The SMILES string of the molecule is CCN(CC)C1CCN(C(=O)NC2CCN(C)CC2)C1. The fourth-order valence-corrected chi connectivity index (χ4v) is 3.38. The van der Waals surface area contributed by atoms with Gasteiger partial charge in [0.15, 0.2) is 0 Å². The van der Waals surface area contributed by atoms with Gasteiger partial charge in [0.1, 0.15) is 0 Å². The first-order valence-corrected chi connectivity index (χ1v) is 8.12. The van der Waals surface area contributed by atoms with Gasteiger partial charge in [-0.05, 0) is 52.5 Å². The Balaban J connectivity index is 1.76. The average Bonchev–Trinajstić information content (AvgIpc) is 2.92. The summed E-state index contributed by atoms with van der Waals surface area (Å²) in [6, 6.07) is 1.06. The summed E-state index contributed by atoms with van der Waals surface area (Å²) in [5.41, 5.74) is 0. The van der Waals surface area contributed by atoms with Crippen LogP contribution in [-0.2, 0) is 0 Å². The number of hydrogen-bond donors (Lipinski definition) is 1. The van der Waals surface area contributed by atoms with E-state index in [2.05, 4.69) is 36.0 Å². The van der Waals surface area contributed by atoms with Crippen LogP contribution in [0.4, 0.5) is 4.79 Å². The number of carbonyl (C=O) groups excluding carboxylic acids is 1. The van der Waals surface area contributed by atoms with Crippen molar-refractivity contribution in [2.75, 3.05) is 46.3 Å². The summed E-state index contributed by atoms with van der Waals surface area (Å²) in [6.07, 6.45) is 3.27. The van der Waals surface area contributed by atoms with Crippen molar-refractivity contribution in [2.24, 2.45) is 0 Å². The Bertz CT molecular complexity index is 311. The van der Waals surface area contributed by atoms with Crippen molar-refractivity contribution in [3.05, 3.63) is 0 Å². The number of piperidine rings is 1. The molecule has 0 bridgehead atoms. The number of rotatable bonds is 4. The van der Waals surface area contributed by atoms with Crippen LogP contribution in [0, 0.1) is 0 Å². The van der Waals surface area contributed by atoms with Crippen molar-refractivity contribution in [3.8, 4) is 0 Å². The third-order valence-electron chi connectivity index (χ3n) is 4.83. The zero-order valence-corrected chi connectivity index (χ0v) is 13.3. The normalized spacial score (nSPS) is 25.4. The number of amides is 2. The molecule has 5 heteroatoms. The van der Waals surface area contributed by atoms with Gasteiger partial charge < -0.3 is 15.1 Å². The Morgan fingerprint density at radius 3 is 2.40 bits per heavy atom. The van der Waals surface area contributed by atoms with Crippen LogP contribution in [0.3, 0.4) is 0 Å². The van der Waals surface area contributed by atoms with E-state index in [0.717, 1.165) is 58.5 Å². The van der Waals surface area contributed by atoms with Crippen molar-refractivity contribution in [3.63, 3.8) is 0 Å². The Morgan fingerprint density at radius 2 is 1.80 bits per heavy atom. The van der Waals surface area contributed by atoms with Crippen LogP contribution in [0.15, 0.2) is 0 Å². The molecule has 1 atom stereocenters. The van der Waals surface area contributed by atoms with E-state index in [9.17, 15) is 4.79 Å². The number of likely N-dealkylation sites (N-methyl/N-ethyl adjacent to an activating group) is 1. The van der Waals surface area contributed by atoms with Crippen molar-refractivity contribution in [2.45, 2.75) is 45.2 Å². The maximum absolute atomic E-state index is 12.3. The third kappa shape index (κ3) is 3.85. The molecule has 1 N–H and O–H groups in total. The van der Waals surface area contributed by atoms with Crippen LogP contribution in [0.25, 0.3) is 0 Å². The molecular weight excluding hydrogens is 252 g/mol. The van der Waals surface area contributed by atoms with Crippen molar-refractivity contribution in [1.29, 1.82) is 0 Å². The highest BCUT2D eigenvalue weighted by Crippen LogP contribution is 2.16. The zero-order valence-electron chi connectivity index (χ0n) is 13.3. The third-order valence-corrected chi connectivity index (χ3v) is 4.83. The van der Waals surface area contributed by atoms with E-state index in [0.29, 0.717) is 12.1 Å². The van der Waals surface area contributed by atoms with E-state index in [1.165, 1.54) is 0 Å². The monoisotopic (exact) mass is 282 g/mol. The summed E-state index contributed by atoms with van der Waals surface area (Å²) in [5.74, 6) is 0. The molecule has 0 saturated carbocycles. The van der Waals surface area contributed by atoms with Gasteiger partial charge in [-0.25, -0.2) is 4.79 Å². The fraction of sp³-hybridized carbons (Fsp3) is 0.933. The first-order chi connectivity index (χ1) is 9.63. The number of nitrogens with one attached hydrogen (secondary N) is 1. The number of nitrogens with zero attached hydrogens (tertiary/aromatic N) is 3. The zero-order chi connectivity index (χ0) is 14.5. The van der Waals surface area contributed by atoms with Crippen molar-refractivity contribution < 1.29 is 4.79 Å². The Kier molecular flexibility index (Phi) is 5.66. The number of urea groups is 1. The maximum atomic E-state index is 12.3. The molecule has 2 saturated heterocycles. The molecule has 2 rings (SSSR count). The van der Waals surface area contributed by atoms with Gasteiger partial charge in [-0.15, -0.1) is 0 Å². The predicted octanol–water partition coefficient (Wildman–Crippen LogP) is 1.21. The molecule has 2 heterocycles. The summed E-state index contributed by atoms with van der Waals surface area (Å²) in [5, 5.41) is 3.22. The fourth-order valence-electron chi connectivity index (χ4n) is 3.38. The van der Waals surface area contributed by atoms with Gasteiger partial charge in [0.05, 0.1) is 0 Å². The van der Waals surface area contributed by atoms with Gasteiger partial charge in [-0.1, -0.05) is 13.8 Å². The van der Waals surface area contributed by atoms with Crippen LogP contribution in [0.1, 0.15) is 33.1 Å². The molecule has 5 nitrogen and oxygen atoms in total. The van der Waals surface area contributed by atoms with Gasteiger partial charge >= 0.3 is 6.03 Å². The van der Waals surface area contributed by atoms with E-state index in [1.807, 2.05) is 4.90 Å². The Hall–Kier alpha value is -0.810. The highest BCUT2D eigenvalue weighted by Gasteiger charge is 2.30. The molecule has 0 aromatic carbocycles. The smallest absolute Gasteiger partial charge is 0.317 e. The molecule has 0 aromatic heterocycles. The van der Waals surface area contributed by atoms with E-state index in [1.54, 1.807) is 0 Å². The Labute approximate surface area is 123 Å². The van der Waals surface area contributed by atoms with Crippen molar-refractivity contribution in [1.82, 2.24) is 20.0 Å². The molecular formula is C15H30N4O. The minimum Gasteiger partial charge on any atom is -0.335 e. The van der Waals surface area contributed by atoms with Crippen LogP contribution >= 0.6 is 0 Å². The lowest BCUT2D eigenvalue weighted by molar-refractivity contribution is 0.180. The second-order valence-electron chi connectivity index (χ2n) is 6.14. The summed E-state index contributed by atoms with van der Waals surface area (Å²) < 4.78 is 0. The molecule has 0 aliphatic carbocycles. The summed E-state index contributed by atoms with van der Waals surface area (Å²) in [4.78, 5) is 19.1. The molecule has 2 aliphatic rings. The minimum atomic E-state index is 0.147. The van der Waals surface area contributed by atoms with Gasteiger partial charge in [0, 0.05) is 25.2 Å².